The summed E-state index contributed by atoms with van der Waals surface area (Å²) in [5.74, 6) is -0.669. The minimum atomic E-state index is -0.524. The van der Waals surface area contributed by atoms with Crippen LogP contribution in [0.2, 0.25) is 0 Å². The van der Waals surface area contributed by atoms with Gasteiger partial charge in [-0.1, -0.05) is 18.2 Å². The average molecular weight is 322 g/mol. The molecule has 1 heterocycles. The highest BCUT2D eigenvalue weighted by Gasteiger charge is 2.08. The van der Waals surface area contributed by atoms with Crippen molar-refractivity contribution in [3.63, 3.8) is 0 Å². The van der Waals surface area contributed by atoms with Gasteiger partial charge in [-0.3, -0.25) is 14.3 Å². The number of anilines is 1. The maximum atomic E-state index is 12.1. The zero-order valence-electron chi connectivity index (χ0n) is 13.3. The van der Waals surface area contributed by atoms with Crippen LogP contribution in [0.25, 0.3) is 10.9 Å². The summed E-state index contributed by atoms with van der Waals surface area (Å²) in [4.78, 5) is 23.3. The van der Waals surface area contributed by atoms with Crippen LogP contribution in [-0.2, 0) is 11.3 Å². The molecule has 1 aromatic heterocycles. The van der Waals surface area contributed by atoms with Crippen molar-refractivity contribution >= 4 is 28.4 Å². The van der Waals surface area contributed by atoms with Gasteiger partial charge in [0.05, 0.1) is 18.3 Å². The minimum absolute atomic E-state index is 0.145. The van der Waals surface area contributed by atoms with Crippen molar-refractivity contribution in [3.8, 4) is 0 Å². The Morgan fingerprint density at radius 2 is 2.00 bits per heavy atom. The van der Waals surface area contributed by atoms with Gasteiger partial charge in [0.1, 0.15) is 0 Å². The topological polar surface area (TPSA) is 90.0 Å². The summed E-state index contributed by atoms with van der Waals surface area (Å²) >= 11 is 0. The number of nitrogens with two attached hydrogens (primary N) is 1. The third-order valence-electron chi connectivity index (χ3n) is 3.89. The first-order valence-corrected chi connectivity index (χ1v) is 7.65. The fourth-order valence-corrected chi connectivity index (χ4v) is 2.61. The Morgan fingerprint density at radius 3 is 2.79 bits per heavy atom. The highest BCUT2D eigenvalue weighted by Crippen LogP contribution is 2.18. The summed E-state index contributed by atoms with van der Waals surface area (Å²) < 4.78 is 1.82. The van der Waals surface area contributed by atoms with E-state index in [2.05, 4.69) is 10.4 Å². The second-order valence-corrected chi connectivity index (χ2v) is 5.62. The molecule has 0 spiro atoms. The lowest BCUT2D eigenvalue weighted by molar-refractivity contribution is -0.116. The van der Waals surface area contributed by atoms with Crippen LogP contribution < -0.4 is 11.1 Å². The molecule has 0 radical (unpaired) electrons. The van der Waals surface area contributed by atoms with Gasteiger partial charge in [-0.2, -0.15) is 5.10 Å². The zero-order valence-corrected chi connectivity index (χ0v) is 13.3. The Bertz CT molecular complexity index is 914. The van der Waals surface area contributed by atoms with Gasteiger partial charge in [-0.05, 0) is 36.8 Å². The monoisotopic (exact) mass is 322 g/mol. The first kappa shape index (κ1) is 15.7. The molecule has 0 saturated carbocycles. The number of amides is 2. The Labute approximate surface area is 139 Å². The molecule has 0 bridgehead atoms. The Balaban J connectivity index is 1.66. The van der Waals surface area contributed by atoms with E-state index < -0.39 is 5.91 Å². The number of aryl methyl sites for hydroxylation is 2. The molecule has 3 rings (SSSR count). The fraction of sp³-hybridized carbons (Fsp3) is 0.167. The van der Waals surface area contributed by atoms with Gasteiger partial charge < -0.3 is 11.1 Å². The number of aromatic nitrogens is 2. The molecule has 0 aliphatic carbocycles. The Kier molecular flexibility index (Phi) is 4.29. The molecule has 3 aromatic rings. The molecule has 0 unspecified atom stereocenters. The summed E-state index contributed by atoms with van der Waals surface area (Å²) in [6, 6.07) is 12.6. The number of carbonyl (C=O) groups excluding carboxylic acids is 2. The Morgan fingerprint density at radius 1 is 1.21 bits per heavy atom. The standard InChI is InChI=1S/C18H18N4O2/c1-12-4-2-7-16-15(12)11-20-22(16)9-8-17(23)21-14-6-3-5-13(10-14)18(19)24/h2-7,10-11H,8-9H2,1H3,(H2,19,24)(H,21,23). The van der Waals surface area contributed by atoms with Crippen molar-refractivity contribution in [2.24, 2.45) is 5.73 Å². The average Bonchev–Trinajstić information content (AvgIpc) is 2.98. The van der Waals surface area contributed by atoms with Gasteiger partial charge in [-0.15, -0.1) is 0 Å². The summed E-state index contributed by atoms with van der Waals surface area (Å²) in [6.07, 6.45) is 2.10. The van der Waals surface area contributed by atoms with Crippen LogP contribution in [0.3, 0.4) is 0 Å². The van der Waals surface area contributed by atoms with Crippen molar-refractivity contribution in [2.75, 3.05) is 5.32 Å². The number of nitrogens with zero attached hydrogens (tertiary/aromatic N) is 2. The second kappa shape index (κ2) is 6.54. The second-order valence-electron chi connectivity index (χ2n) is 5.62. The number of fused-ring (bicyclic) bond motifs is 1. The highest BCUT2D eigenvalue weighted by molar-refractivity contribution is 5.96. The lowest BCUT2D eigenvalue weighted by Gasteiger charge is -2.07. The van der Waals surface area contributed by atoms with E-state index in [1.165, 1.54) is 0 Å². The lowest BCUT2D eigenvalue weighted by atomic mass is 10.1. The molecular formula is C18H18N4O2. The van der Waals surface area contributed by atoms with E-state index >= 15 is 0 Å². The summed E-state index contributed by atoms with van der Waals surface area (Å²) in [5.41, 5.74) is 8.32. The third-order valence-corrected chi connectivity index (χ3v) is 3.89. The molecule has 3 N–H and O–H groups in total. The number of rotatable bonds is 5. The van der Waals surface area contributed by atoms with Crippen LogP contribution in [0.1, 0.15) is 22.3 Å². The summed E-state index contributed by atoms with van der Waals surface area (Å²) in [7, 11) is 0. The van der Waals surface area contributed by atoms with E-state index in [-0.39, 0.29) is 12.3 Å². The molecular weight excluding hydrogens is 304 g/mol. The fourth-order valence-electron chi connectivity index (χ4n) is 2.61. The predicted molar refractivity (Wildman–Crippen MR) is 92.7 cm³/mol. The van der Waals surface area contributed by atoms with Gasteiger partial charge in [0.25, 0.3) is 0 Å². The van der Waals surface area contributed by atoms with Crippen molar-refractivity contribution in [2.45, 2.75) is 19.9 Å². The third kappa shape index (κ3) is 3.27. The van der Waals surface area contributed by atoms with E-state index in [4.69, 9.17) is 5.73 Å². The van der Waals surface area contributed by atoms with Gasteiger partial charge >= 0.3 is 0 Å². The zero-order chi connectivity index (χ0) is 17.1. The summed E-state index contributed by atoms with van der Waals surface area (Å²) in [6.45, 7) is 2.51. The lowest BCUT2D eigenvalue weighted by Crippen LogP contribution is -2.16. The predicted octanol–water partition coefficient (Wildman–Crippen LogP) is 2.47. The quantitative estimate of drug-likeness (QED) is 0.756. The number of primary amides is 1. The van der Waals surface area contributed by atoms with Gasteiger partial charge in [0.15, 0.2) is 0 Å². The van der Waals surface area contributed by atoms with Gasteiger partial charge in [-0.25, -0.2) is 0 Å². The van der Waals surface area contributed by atoms with Crippen LogP contribution in [-0.4, -0.2) is 21.6 Å². The van der Waals surface area contributed by atoms with Crippen LogP contribution in [0.15, 0.2) is 48.7 Å². The van der Waals surface area contributed by atoms with Crippen molar-refractivity contribution in [1.29, 1.82) is 0 Å². The molecule has 6 nitrogen and oxygen atoms in total. The molecule has 0 aliphatic rings. The number of hydrogen-bond acceptors (Lipinski definition) is 3. The normalized spacial score (nSPS) is 10.7. The van der Waals surface area contributed by atoms with Crippen LogP contribution in [0.4, 0.5) is 5.69 Å². The largest absolute Gasteiger partial charge is 0.366 e. The molecule has 24 heavy (non-hydrogen) atoms. The van der Waals surface area contributed by atoms with E-state index in [0.717, 1.165) is 16.5 Å². The maximum absolute atomic E-state index is 12.1. The molecule has 0 atom stereocenters. The van der Waals surface area contributed by atoms with E-state index in [1.807, 2.05) is 36.0 Å². The number of carbonyl (C=O) groups is 2. The van der Waals surface area contributed by atoms with Crippen molar-refractivity contribution in [1.82, 2.24) is 9.78 Å². The minimum Gasteiger partial charge on any atom is -0.366 e. The molecule has 0 fully saturated rings. The van der Waals surface area contributed by atoms with Gasteiger partial charge in [0, 0.05) is 23.1 Å². The van der Waals surface area contributed by atoms with Crippen molar-refractivity contribution in [3.05, 3.63) is 59.8 Å². The summed E-state index contributed by atoms with van der Waals surface area (Å²) in [5, 5.41) is 8.21. The molecule has 2 aromatic carbocycles. The first-order valence-electron chi connectivity index (χ1n) is 7.65. The van der Waals surface area contributed by atoms with Gasteiger partial charge in [0.2, 0.25) is 11.8 Å². The van der Waals surface area contributed by atoms with E-state index in [1.54, 1.807) is 24.3 Å². The molecule has 0 saturated heterocycles. The smallest absolute Gasteiger partial charge is 0.248 e. The molecule has 6 heteroatoms. The highest BCUT2D eigenvalue weighted by atomic mass is 16.2. The SMILES string of the molecule is Cc1cccc2c1cnn2CCC(=O)Nc1cccc(C(N)=O)c1. The molecule has 0 aliphatic heterocycles. The number of nitrogens with one attached hydrogen (secondary N) is 1. The van der Waals surface area contributed by atoms with Crippen LogP contribution >= 0.6 is 0 Å². The van der Waals surface area contributed by atoms with E-state index in [9.17, 15) is 9.59 Å². The molecule has 122 valence electrons. The van der Waals surface area contributed by atoms with Crippen LogP contribution in [0, 0.1) is 6.92 Å². The first-order chi connectivity index (χ1) is 11.5. The van der Waals surface area contributed by atoms with E-state index in [0.29, 0.717) is 17.8 Å². The number of hydrogen-bond donors (Lipinski definition) is 2. The Hall–Kier alpha value is -3.15. The maximum Gasteiger partial charge on any atom is 0.248 e. The van der Waals surface area contributed by atoms with Crippen LogP contribution in [0.5, 0.6) is 0 Å². The number of benzene rings is 2. The molecule has 2 amide bonds. The van der Waals surface area contributed by atoms with Crippen molar-refractivity contribution < 1.29 is 9.59 Å².